The van der Waals surface area contributed by atoms with Crippen molar-refractivity contribution in [3.8, 4) is 0 Å². The van der Waals surface area contributed by atoms with Gasteiger partial charge in [-0.3, -0.25) is 9.48 Å². The molecule has 1 aliphatic carbocycles. The van der Waals surface area contributed by atoms with E-state index in [9.17, 15) is 9.59 Å². The van der Waals surface area contributed by atoms with Gasteiger partial charge >= 0.3 is 6.03 Å². The molecular weight excluding hydrogens is 356 g/mol. The predicted octanol–water partition coefficient (Wildman–Crippen LogP) is 3.33. The zero-order chi connectivity index (χ0) is 20.3. The maximum atomic E-state index is 13.0. The number of likely N-dealkylation sites (tertiary alicyclic amines) is 1. The molecule has 2 amide bonds. The second-order valence-corrected chi connectivity index (χ2v) is 8.80. The molecule has 0 unspecified atom stereocenters. The monoisotopic (exact) mass is 390 g/mol. The summed E-state index contributed by atoms with van der Waals surface area (Å²) >= 11 is 0. The van der Waals surface area contributed by atoms with Crippen molar-refractivity contribution in [2.75, 3.05) is 26.8 Å². The molecule has 156 valence electrons. The van der Waals surface area contributed by atoms with Gasteiger partial charge < -0.3 is 15.0 Å². The lowest BCUT2D eigenvalue weighted by atomic mass is 9.75. The van der Waals surface area contributed by atoms with Crippen molar-refractivity contribution in [1.29, 1.82) is 0 Å². The highest BCUT2D eigenvalue weighted by Gasteiger charge is 2.41. The fourth-order valence-corrected chi connectivity index (χ4v) is 4.40. The molecule has 2 heterocycles. The van der Waals surface area contributed by atoms with Crippen LogP contribution in [0.3, 0.4) is 0 Å². The molecule has 1 saturated heterocycles. The second-order valence-electron chi connectivity index (χ2n) is 8.80. The maximum absolute atomic E-state index is 13.0. The summed E-state index contributed by atoms with van der Waals surface area (Å²) < 4.78 is 7.19. The van der Waals surface area contributed by atoms with Crippen LogP contribution in [0.15, 0.2) is 0 Å². The summed E-state index contributed by atoms with van der Waals surface area (Å²) in [7, 11) is 1.67. The molecule has 0 spiro atoms. The number of aromatic nitrogens is 2. The maximum Gasteiger partial charge on any atom is 0.317 e. The predicted molar refractivity (Wildman–Crippen MR) is 108 cm³/mol. The highest BCUT2D eigenvalue weighted by Crippen LogP contribution is 2.41. The largest absolute Gasteiger partial charge is 0.383 e. The van der Waals surface area contributed by atoms with Crippen LogP contribution in [0.25, 0.3) is 0 Å². The number of rotatable bonds is 7. The number of fused-ring (bicyclic) bond motifs is 1. The molecule has 1 aromatic heterocycles. The van der Waals surface area contributed by atoms with E-state index in [-0.39, 0.29) is 23.3 Å². The quantitative estimate of drug-likeness (QED) is 0.725. The number of unbranched alkanes of at least 4 members (excludes halogenated alkanes) is 1. The van der Waals surface area contributed by atoms with E-state index in [0.717, 1.165) is 49.1 Å². The zero-order valence-corrected chi connectivity index (χ0v) is 17.7. The number of ketones is 1. The van der Waals surface area contributed by atoms with Gasteiger partial charge in [-0.1, -0.05) is 27.2 Å². The summed E-state index contributed by atoms with van der Waals surface area (Å²) in [6.07, 6.45) is 5.15. The number of hydrogen-bond donors (Lipinski definition) is 1. The van der Waals surface area contributed by atoms with Gasteiger partial charge in [0.25, 0.3) is 0 Å². The van der Waals surface area contributed by atoms with E-state index in [0.29, 0.717) is 32.7 Å². The lowest BCUT2D eigenvalue weighted by Gasteiger charge is -2.30. The van der Waals surface area contributed by atoms with Gasteiger partial charge in [-0.05, 0) is 31.1 Å². The Kier molecular flexibility index (Phi) is 6.43. The zero-order valence-electron chi connectivity index (χ0n) is 17.7. The molecule has 1 aromatic rings. The van der Waals surface area contributed by atoms with E-state index >= 15 is 0 Å². The third-order valence-corrected chi connectivity index (χ3v) is 5.79. The standard InChI is InChI=1S/C21H34N4O3/c1-5-6-9-22-20(27)24-10-7-8-15(24)19-18-16(25(23-19)11-12-28-4)13-21(2,3)14-17(18)26/h15H,5-14H2,1-4H3,(H,22,27)/t15-/m1/s1. The molecule has 1 aliphatic heterocycles. The Morgan fingerprint density at radius 2 is 2.14 bits per heavy atom. The Morgan fingerprint density at radius 1 is 1.36 bits per heavy atom. The minimum Gasteiger partial charge on any atom is -0.383 e. The molecule has 3 rings (SSSR count). The van der Waals surface area contributed by atoms with E-state index in [4.69, 9.17) is 9.84 Å². The van der Waals surface area contributed by atoms with Crippen LogP contribution in [0, 0.1) is 5.41 Å². The number of Topliss-reactive ketones (excluding diaryl/α,β-unsaturated/α-hetero) is 1. The third kappa shape index (κ3) is 4.24. The summed E-state index contributed by atoms with van der Waals surface area (Å²) in [5, 5.41) is 7.87. The van der Waals surface area contributed by atoms with Crippen molar-refractivity contribution in [2.24, 2.45) is 5.41 Å². The summed E-state index contributed by atoms with van der Waals surface area (Å²) in [5.74, 6) is 0.156. The topological polar surface area (TPSA) is 76.5 Å². The molecule has 2 aliphatic rings. The molecule has 7 heteroatoms. The molecule has 1 fully saturated rings. The molecule has 0 saturated carbocycles. The van der Waals surface area contributed by atoms with Gasteiger partial charge in [0.05, 0.1) is 36.1 Å². The summed E-state index contributed by atoms with van der Waals surface area (Å²) in [5.41, 5.74) is 2.48. The van der Waals surface area contributed by atoms with Gasteiger partial charge in [0.1, 0.15) is 0 Å². The van der Waals surface area contributed by atoms with Gasteiger partial charge in [-0.25, -0.2) is 4.79 Å². The number of methoxy groups -OCH3 is 1. The number of nitrogens with one attached hydrogen (secondary N) is 1. The third-order valence-electron chi connectivity index (χ3n) is 5.79. The highest BCUT2D eigenvalue weighted by molar-refractivity contribution is 6.00. The Balaban J connectivity index is 1.91. The fraction of sp³-hybridized carbons (Fsp3) is 0.762. The first kappa shape index (κ1) is 20.8. The van der Waals surface area contributed by atoms with Crippen LogP contribution in [0.5, 0.6) is 0 Å². The molecule has 0 aromatic carbocycles. The molecule has 0 radical (unpaired) electrons. The number of hydrogen-bond acceptors (Lipinski definition) is 4. The normalized spacial score (nSPS) is 21.1. The number of ether oxygens (including phenoxy) is 1. The van der Waals surface area contributed by atoms with Crippen molar-refractivity contribution in [3.05, 3.63) is 17.0 Å². The number of carbonyl (C=O) groups is 2. The average molecular weight is 391 g/mol. The van der Waals surface area contributed by atoms with Gasteiger partial charge in [-0.15, -0.1) is 0 Å². The SMILES string of the molecule is CCCCNC(=O)N1CCC[C@@H]1c1nn(CCOC)c2c1C(=O)CC(C)(C)C2. The minimum absolute atomic E-state index is 0.0419. The van der Waals surface area contributed by atoms with E-state index in [1.807, 2.05) is 9.58 Å². The molecule has 0 bridgehead atoms. The van der Waals surface area contributed by atoms with E-state index in [2.05, 4.69) is 26.1 Å². The summed E-state index contributed by atoms with van der Waals surface area (Å²) in [6, 6.07) is -0.163. The van der Waals surface area contributed by atoms with Crippen LogP contribution in [-0.2, 0) is 17.7 Å². The van der Waals surface area contributed by atoms with Crippen molar-refractivity contribution in [1.82, 2.24) is 20.0 Å². The highest BCUT2D eigenvalue weighted by atomic mass is 16.5. The molecule has 7 nitrogen and oxygen atoms in total. The molecular formula is C21H34N4O3. The number of nitrogens with zero attached hydrogens (tertiary/aromatic N) is 3. The second kappa shape index (κ2) is 8.64. The van der Waals surface area contributed by atoms with Crippen molar-refractivity contribution >= 4 is 11.8 Å². The van der Waals surface area contributed by atoms with Crippen molar-refractivity contribution < 1.29 is 14.3 Å². The minimum atomic E-state index is -0.121. The van der Waals surface area contributed by atoms with Gasteiger partial charge in [0.15, 0.2) is 5.78 Å². The van der Waals surface area contributed by atoms with Gasteiger partial charge in [0.2, 0.25) is 0 Å². The first-order valence-electron chi connectivity index (χ1n) is 10.5. The Bertz CT molecular complexity index is 725. The first-order valence-corrected chi connectivity index (χ1v) is 10.5. The molecule has 1 N–H and O–H groups in total. The van der Waals surface area contributed by atoms with E-state index in [1.54, 1.807) is 7.11 Å². The first-order chi connectivity index (χ1) is 13.4. The van der Waals surface area contributed by atoms with Crippen LogP contribution >= 0.6 is 0 Å². The Hall–Kier alpha value is -1.89. The van der Waals surface area contributed by atoms with Crippen LogP contribution in [0.1, 0.15) is 80.7 Å². The fourth-order valence-electron chi connectivity index (χ4n) is 4.40. The van der Waals surface area contributed by atoms with Crippen LogP contribution < -0.4 is 5.32 Å². The Labute approximate surface area is 167 Å². The van der Waals surface area contributed by atoms with Crippen LogP contribution in [0.2, 0.25) is 0 Å². The summed E-state index contributed by atoms with van der Waals surface area (Å²) in [4.78, 5) is 27.6. The Morgan fingerprint density at radius 3 is 2.86 bits per heavy atom. The lowest BCUT2D eigenvalue weighted by molar-refractivity contribution is 0.0905. The van der Waals surface area contributed by atoms with E-state index in [1.165, 1.54) is 0 Å². The van der Waals surface area contributed by atoms with E-state index < -0.39 is 0 Å². The van der Waals surface area contributed by atoms with Gasteiger partial charge in [-0.2, -0.15) is 5.10 Å². The molecule has 28 heavy (non-hydrogen) atoms. The van der Waals surface area contributed by atoms with Crippen LogP contribution in [0.4, 0.5) is 4.79 Å². The van der Waals surface area contributed by atoms with Crippen molar-refractivity contribution in [2.45, 2.75) is 71.9 Å². The smallest absolute Gasteiger partial charge is 0.317 e. The van der Waals surface area contributed by atoms with Gasteiger partial charge in [0, 0.05) is 26.6 Å². The molecule has 1 atom stereocenters. The number of carbonyl (C=O) groups excluding carboxylic acids is 2. The summed E-state index contributed by atoms with van der Waals surface area (Å²) in [6.45, 7) is 8.94. The number of amides is 2. The average Bonchev–Trinajstić information content (AvgIpc) is 3.23. The van der Waals surface area contributed by atoms with Crippen molar-refractivity contribution in [3.63, 3.8) is 0 Å². The lowest BCUT2D eigenvalue weighted by Crippen LogP contribution is -2.40. The number of urea groups is 1. The van der Waals surface area contributed by atoms with Crippen LogP contribution in [-0.4, -0.2) is 53.3 Å².